The van der Waals surface area contributed by atoms with Crippen LogP contribution in [0.4, 0.5) is 0 Å². The van der Waals surface area contributed by atoms with Crippen LogP contribution >= 0.6 is 0 Å². The molecule has 0 amide bonds. The number of carbonyl (C=O) groups is 1. The zero-order chi connectivity index (χ0) is 18.5. The number of nitrogens with zero attached hydrogens (tertiary/aromatic N) is 1. The lowest BCUT2D eigenvalue weighted by Gasteiger charge is -2.22. The van der Waals surface area contributed by atoms with Gasteiger partial charge >= 0.3 is 5.97 Å². The van der Waals surface area contributed by atoms with Crippen molar-refractivity contribution in [2.24, 2.45) is 11.0 Å². The Morgan fingerprint density at radius 3 is 2.42 bits per heavy atom. The summed E-state index contributed by atoms with van der Waals surface area (Å²) in [5, 5.41) is 16.7. The summed E-state index contributed by atoms with van der Waals surface area (Å²) in [5.41, 5.74) is 4.86. The number of hydrogen-bond acceptors (Lipinski definition) is 5. The van der Waals surface area contributed by atoms with Crippen molar-refractivity contribution in [1.82, 2.24) is 10.7 Å². The van der Waals surface area contributed by atoms with Crippen molar-refractivity contribution < 1.29 is 14.6 Å². The third-order valence-corrected chi connectivity index (χ3v) is 4.23. The van der Waals surface area contributed by atoms with Crippen LogP contribution in [-0.4, -0.2) is 29.0 Å². The molecule has 2 aromatic rings. The quantitative estimate of drug-likeness (QED) is 0.712. The summed E-state index contributed by atoms with van der Waals surface area (Å²) >= 11 is 0. The zero-order valence-corrected chi connectivity index (χ0v) is 14.8. The Bertz CT molecular complexity index is 773. The van der Waals surface area contributed by atoms with E-state index in [0.29, 0.717) is 6.42 Å². The average molecular weight is 353 g/mol. The highest BCUT2D eigenvalue weighted by molar-refractivity contribution is 6.01. The topological polar surface area (TPSA) is 83.0 Å². The van der Waals surface area contributed by atoms with Crippen molar-refractivity contribution in [3.63, 3.8) is 0 Å². The first kappa shape index (κ1) is 17.9. The molecular weight excluding hydrogens is 330 g/mol. The predicted molar refractivity (Wildman–Crippen MR) is 100 cm³/mol. The highest BCUT2D eigenvalue weighted by atomic mass is 16.5. The lowest BCUT2D eigenvalue weighted by Crippen LogP contribution is -2.50. The lowest BCUT2D eigenvalue weighted by atomic mass is 10.0. The maximum atomic E-state index is 11.3. The molecule has 0 unspecified atom stereocenters. The van der Waals surface area contributed by atoms with E-state index >= 15 is 0 Å². The van der Waals surface area contributed by atoms with Gasteiger partial charge in [-0.05, 0) is 47.9 Å². The fraction of sp³-hybridized carbons (Fsp3) is 0.300. The van der Waals surface area contributed by atoms with E-state index < -0.39 is 12.0 Å². The average Bonchev–Trinajstić information content (AvgIpc) is 3.09. The fourth-order valence-corrected chi connectivity index (χ4v) is 2.82. The van der Waals surface area contributed by atoms with Gasteiger partial charge in [-0.2, -0.15) is 5.10 Å². The Morgan fingerprint density at radius 2 is 1.81 bits per heavy atom. The van der Waals surface area contributed by atoms with Gasteiger partial charge < -0.3 is 9.84 Å². The van der Waals surface area contributed by atoms with Crippen molar-refractivity contribution in [2.45, 2.75) is 32.5 Å². The number of hydrazone groups is 1. The molecule has 0 saturated carbocycles. The van der Waals surface area contributed by atoms with Crippen LogP contribution < -0.4 is 15.5 Å². The Labute approximate surface area is 152 Å². The van der Waals surface area contributed by atoms with Crippen molar-refractivity contribution in [1.29, 1.82) is 0 Å². The second-order valence-corrected chi connectivity index (χ2v) is 6.61. The van der Waals surface area contributed by atoms with E-state index in [4.69, 9.17) is 4.74 Å². The minimum Gasteiger partial charge on any atom is -0.480 e. The van der Waals surface area contributed by atoms with Gasteiger partial charge in [0.2, 0.25) is 0 Å². The molecule has 3 N–H and O–H groups in total. The molecule has 1 heterocycles. The van der Waals surface area contributed by atoms with Gasteiger partial charge in [0.15, 0.2) is 0 Å². The van der Waals surface area contributed by atoms with Crippen molar-refractivity contribution in [3.8, 4) is 11.5 Å². The molecule has 2 aromatic carbocycles. The fourth-order valence-electron chi connectivity index (χ4n) is 2.82. The normalized spacial score (nSPS) is 17.5. The Hall–Kier alpha value is -2.86. The van der Waals surface area contributed by atoms with E-state index in [-0.39, 0.29) is 12.1 Å². The van der Waals surface area contributed by atoms with Gasteiger partial charge in [-0.1, -0.05) is 32.0 Å². The monoisotopic (exact) mass is 353 g/mol. The third-order valence-electron chi connectivity index (χ3n) is 4.23. The predicted octanol–water partition coefficient (Wildman–Crippen LogP) is 3.20. The van der Waals surface area contributed by atoms with E-state index in [9.17, 15) is 9.90 Å². The first-order valence-corrected chi connectivity index (χ1v) is 8.67. The molecule has 2 atom stereocenters. The first-order chi connectivity index (χ1) is 12.5. The second-order valence-electron chi connectivity index (χ2n) is 6.61. The van der Waals surface area contributed by atoms with Crippen LogP contribution in [0.25, 0.3) is 0 Å². The summed E-state index contributed by atoms with van der Waals surface area (Å²) in [4.78, 5) is 11.3. The van der Waals surface area contributed by atoms with Gasteiger partial charge in [0.25, 0.3) is 0 Å². The number of carboxylic acid groups (broad SMARTS) is 1. The molecule has 0 spiro atoms. The summed E-state index contributed by atoms with van der Waals surface area (Å²) in [6, 6.07) is 16.7. The minimum absolute atomic E-state index is 0.00670. The Morgan fingerprint density at radius 1 is 1.15 bits per heavy atom. The number of para-hydroxylation sites is 1. The smallest absolute Gasteiger partial charge is 0.321 e. The van der Waals surface area contributed by atoms with Crippen molar-refractivity contribution in [2.75, 3.05) is 0 Å². The molecule has 0 aliphatic carbocycles. The number of nitrogens with one attached hydrogen (secondary N) is 2. The lowest BCUT2D eigenvalue weighted by molar-refractivity contribution is -0.141. The van der Waals surface area contributed by atoms with Gasteiger partial charge in [0, 0.05) is 6.42 Å². The van der Waals surface area contributed by atoms with Crippen LogP contribution in [0.2, 0.25) is 0 Å². The molecule has 136 valence electrons. The van der Waals surface area contributed by atoms with Gasteiger partial charge in [0.05, 0.1) is 11.9 Å². The largest absolute Gasteiger partial charge is 0.480 e. The standard InChI is InChI=1S/C20H23N3O3/c1-13(2)19(20(24)25)21-18-12-17(22-23-18)14-8-10-16(11-9-14)26-15-6-4-3-5-7-15/h3-11,13,18-19,21,23H,12H2,1-2H3,(H,24,25)/t18-,19-/m0/s1. The Kier molecular flexibility index (Phi) is 5.53. The molecule has 6 heteroatoms. The molecule has 0 fully saturated rings. The number of rotatable bonds is 7. The number of hydrogen-bond donors (Lipinski definition) is 3. The maximum Gasteiger partial charge on any atom is 0.321 e. The van der Waals surface area contributed by atoms with Crippen LogP contribution in [0.5, 0.6) is 11.5 Å². The van der Waals surface area contributed by atoms with Gasteiger partial charge in [-0.15, -0.1) is 0 Å². The van der Waals surface area contributed by atoms with E-state index in [1.807, 2.05) is 68.4 Å². The zero-order valence-electron chi connectivity index (χ0n) is 14.8. The molecule has 0 aromatic heterocycles. The molecule has 26 heavy (non-hydrogen) atoms. The van der Waals surface area contributed by atoms with Crippen LogP contribution in [0, 0.1) is 5.92 Å². The number of ether oxygens (including phenoxy) is 1. The van der Waals surface area contributed by atoms with E-state index in [2.05, 4.69) is 15.8 Å². The van der Waals surface area contributed by atoms with Crippen molar-refractivity contribution >= 4 is 11.7 Å². The van der Waals surface area contributed by atoms with Crippen molar-refractivity contribution in [3.05, 3.63) is 60.2 Å². The molecule has 0 radical (unpaired) electrons. The molecule has 1 aliphatic rings. The summed E-state index contributed by atoms with van der Waals surface area (Å²) in [7, 11) is 0. The molecule has 1 aliphatic heterocycles. The first-order valence-electron chi connectivity index (χ1n) is 8.67. The maximum absolute atomic E-state index is 11.3. The molecule has 6 nitrogen and oxygen atoms in total. The highest BCUT2D eigenvalue weighted by Gasteiger charge is 2.27. The summed E-state index contributed by atoms with van der Waals surface area (Å²) in [6.07, 6.45) is 0.434. The number of carboxylic acids is 1. The van der Waals surface area contributed by atoms with E-state index in [1.165, 1.54) is 0 Å². The highest BCUT2D eigenvalue weighted by Crippen LogP contribution is 2.22. The van der Waals surface area contributed by atoms with E-state index in [0.717, 1.165) is 22.8 Å². The van der Waals surface area contributed by atoms with Crippen LogP contribution in [-0.2, 0) is 4.79 Å². The van der Waals surface area contributed by atoms with Gasteiger partial charge in [-0.3, -0.25) is 15.5 Å². The third kappa shape index (κ3) is 4.40. The molecule has 0 bridgehead atoms. The molecular formula is C20H23N3O3. The molecule has 0 saturated heterocycles. The summed E-state index contributed by atoms with van der Waals surface area (Å²) < 4.78 is 5.79. The number of aliphatic carboxylic acids is 1. The summed E-state index contributed by atoms with van der Waals surface area (Å²) in [6.45, 7) is 3.77. The van der Waals surface area contributed by atoms with Crippen LogP contribution in [0.15, 0.2) is 59.7 Å². The minimum atomic E-state index is -0.849. The van der Waals surface area contributed by atoms with Crippen LogP contribution in [0.1, 0.15) is 25.8 Å². The van der Waals surface area contributed by atoms with E-state index in [1.54, 1.807) is 0 Å². The summed E-state index contributed by atoms with van der Waals surface area (Å²) in [5.74, 6) is 0.690. The second kappa shape index (κ2) is 8.01. The number of benzene rings is 2. The van der Waals surface area contributed by atoms with Gasteiger partial charge in [0.1, 0.15) is 17.5 Å². The van der Waals surface area contributed by atoms with Crippen LogP contribution in [0.3, 0.4) is 0 Å². The molecule has 3 rings (SSSR count). The van der Waals surface area contributed by atoms with Gasteiger partial charge in [-0.25, -0.2) is 0 Å². The Balaban J connectivity index is 1.59. The SMILES string of the molecule is CC(C)[C@H](N[C@@H]1CC(c2ccc(Oc3ccccc3)cc2)=NN1)C(=O)O.